The Bertz CT molecular complexity index is 661. The van der Waals surface area contributed by atoms with Gasteiger partial charge in [0.05, 0.1) is 0 Å². The highest BCUT2D eigenvalue weighted by Gasteiger charge is 2.11. The summed E-state index contributed by atoms with van der Waals surface area (Å²) < 4.78 is 10.7. The van der Waals surface area contributed by atoms with Gasteiger partial charge in [0.2, 0.25) is 0 Å². The van der Waals surface area contributed by atoms with Crippen molar-refractivity contribution in [3.8, 4) is 0 Å². The summed E-state index contributed by atoms with van der Waals surface area (Å²) in [7, 11) is 0. The third-order valence-corrected chi connectivity index (χ3v) is 4.74. The van der Waals surface area contributed by atoms with Gasteiger partial charge in [0, 0.05) is 12.8 Å². The second-order valence-corrected chi connectivity index (χ2v) is 6.60. The lowest BCUT2D eigenvalue weighted by Gasteiger charge is -2.07. The maximum Gasteiger partial charge on any atom is 0.353 e. The highest BCUT2D eigenvalue weighted by molar-refractivity contribution is 7.12. The summed E-state index contributed by atoms with van der Waals surface area (Å²) >= 11 is 2.67. The standard InChI is InChI=1S/C18H18O4S2/c1-3-13(21-17(19)15-7-5-11-23-15)9-10-14(4-2)22-18(20)16-8-6-12-24-16/h5-12H,3-4H2,1-2H3/b13-9-,14-10-. The largest absolute Gasteiger partial charge is 0.427 e. The van der Waals surface area contributed by atoms with Gasteiger partial charge in [-0.1, -0.05) is 26.0 Å². The fourth-order valence-electron chi connectivity index (χ4n) is 1.76. The molecule has 126 valence electrons. The van der Waals surface area contributed by atoms with Gasteiger partial charge in [0.25, 0.3) is 0 Å². The van der Waals surface area contributed by atoms with Gasteiger partial charge in [0.1, 0.15) is 21.3 Å². The van der Waals surface area contributed by atoms with E-state index in [1.54, 1.807) is 36.4 Å². The molecule has 0 aliphatic carbocycles. The molecule has 0 N–H and O–H groups in total. The molecule has 2 aromatic heterocycles. The summed E-state index contributed by atoms with van der Waals surface area (Å²) in [5, 5.41) is 3.65. The van der Waals surface area contributed by atoms with E-state index in [2.05, 4.69) is 0 Å². The third-order valence-electron chi connectivity index (χ3n) is 3.04. The summed E-state index contributed by atoms with van der Waals surface area (Å²) in [6.45, 7) is 3.79. The van der Waals surface area contributed by atoms with Crippen LogP contribution < -0.4 is 0 Å². The van der Waals surface area contributed by atoms with Gasteiger partial charge in [-0.2, -0.15) is 0 Å². The molecule has 0 aliphatic rings. The van der Waals surface area contributed by atoms with Crippen LogP contribution in [0.15, 0.2) is 58.7 Å². The Hall–Kier alpha value is -2.18. The molecule has 0 aromatic carbocycles. The van der Waals surface area contributed by atoms with Crippen LogP contribution in [0.2, 0.25) is 0 Å². The molecule has 0 aliphatic heterocycles. The van der Waals surface area contributed by atoms with E-state index in [1.165, 1.54) is 22.7 Å². The normalized spacial score (nSPS) is 12.1. The Balaban J connectivity index is 2.03. The van der Waals surface area contributed by atoms with Gasteiger partial charge in [-0.25, -0.2) is 9.59 Å². The molecule has 0 radical (unpaired) electrons. The lowest BCUT2D eigenvalue weighted by Crippen LogP contribution is -2.04. The molecule has 0 atom stereocenters. The Morgan fingerprint density at radius 2 is 1.29 bits per heavy atom. The summed E-state index contributed by atoms with van der Waals surface area (Å²) in [4.78, 5) is 25.0. The van der Waals surface area contributed by atoms with Crippen LogP contribution in [0, 0.1) is 0 Å². The van der Waals surface area contributed by atoms with E-state index in [-0.39, 0.29) is 11.9 Å². The predicted octanol–water partition coefficient (Wildman–Crippen LogP) is 5.41. The first kappa shape index (κ1) is 18.2. The van der Waals surface area contributed by atoms with E-state index >= 15 is 0 Å². The third kappa shape index (κ3) is 5.18. The van der Waals surface area contributed by atoms with Crippen molar-refractivity contribution in [2.45, 2.75) is 26.7 Å². The van der Waals surface area contributed by atoms with Gasteiger partial charge in [-0.3, -0.25) is 0 Å². The molecule has 2 aromatic rings. The minimum Gasteiger partial charge on any atom is -0.427 e. The smallest absolute Gasteiger partial charge is 0.353 e. The quantitative estimate of drug-likeness (QED) is 0.375. The fraction of sp³-hybridized carbons (Fsp3) is 0.222. The average Bonchev–Trinajstić information content (AvgIpc) is 3.30. The van der Waals surface area contributed by atoms with Crippen molar-refractivity contribution in [2.24, 2.45) is 0 Å². The van der Waals surface area contributed by atoms with Gasteiger partial charge in [-0.05, 0) is 35.0 Å². The summed E-state index contributed by atoms with van der Waals surface area (Å²) in [5.41, 5.74) is 0. The Labute approximate surface area is 149 Å². The maximum absolute atomic E-state index is 12.0. The number of ether oxygens (including phenoxy) is 2. The van der Waals surface area contributed by atoms with Crippen molar-refractivity contribution in [3.63, 3.8) is 0 Å². The van der Waals surface area contributed by atoms with Crippen LogP contribution in [0.4, 0.5) is 0 Å². The van der Waals surface area contributed by atoms with Crippen molar-refractivity contribution in [2.75, 3.05) is 0 Å². The van der Waals surface area contributed by atoms with Gasteiger partial charge < -0.3 is 9.47 Å². The number of thiophene rings is 2. The zero-order valence-corrected chi connectivity index (χ0v) is 15.1. The number of hydrogen-bond donors (Lipinski definition) is 0. The molecule has 0 fully saturated rings. The number of carbonyl (C=O) groups excluding carboxylic acids is 2. The molecule has 0 unspecified atom stereocenters. The van der Waals surface area contributed by atoms with E-state index in [1.807, 2.05) is 24.6 Å². The van der Waals surface area contributed by atoms with E-state index in [0.29, 0.717) is 34.1 Å². The minimum atomic E-state index is -0.375. The Morgan fingerprint density at radius 3 is 1.58 bits per heavy atom. The minimum absolute atomic E-state index is 0.375. The molecule has 2 rings (SSSR count). The molecule has 6 heteroatoms. The van der Waals surface area contributed by atoms with Crippen molar-refractivity contribution >= 4 is 34.6 Å². The number of carbonyl (C=O) groups is 2. The van der Waals surface area contributed by atoms with Crippen LogP contribution in [0.5, 0.6) is 0 Å². The molecule has 4 nitrogen and oxygen atoms in total. The van der Waals surface area contributed by atoms with Crippen molar-refractivity contribution < 1.29 is 19.1 Å². The van der Waals surface area contributed by atoms with Gasteiger partial charge in [-0.15, -0.1) is 22.7 Å². The highest BCUT2D eigenvalue weighted by atomic mass is 32.1. The molecule has 0 bridgehead atoms. The molecule has 0 saturated carbocycles. The SMILES string of the molecule is CC/C(=C/C=C(/CC)OC(=O)c1cccs1)OC(=O)c1cccs1. The van der Waals surface area contributed by atoms with Crippen LogP contribution in [0.25, 0.3) is 0 Å². The summed E-state index contributed by atoms with van der Waals surface area (Å²) in [5.74, 6) is 0.290. The lowest BCUT2D eigenvalue weighted by molar-refractivity contribution is 0.0606. The molecule has 0 saturated heterocycles. The van der Waals surface area contributed by atoms with Crippen molar-refractivity contribution in [1.82, 2.24) is 0 Å². The summed E-state index contributed by atoms with van der Waals surface area (Å²) in [6.07, 6.45) is 4.46. The van der Waals surface area contributed by atoms with Crippen molar-refractivity contribution in [3.05, 3.63) is 68.5 Å². The first-order valence-corrected chi connectivity index (χ1v) is 9.31. The first-order valence-electron chi connectivity index (χ1n) is 7.55. The average molecular weight is 362 g/mol. The predicted molar refractivity (Wildman–Crippen MR) is 96.2 cm³/mol. The molecule has 2 heterocycles. The van der Waals surface area contributed by atoms with Crippen LogP contribution in [0.3, 0.4) is 0 Å². The van der Waals surface area contributed by atoms with Crippen LogP contribution in [-0.4, -0.2) is 11.9 Å². The monoisotopic (exact) mass is 362 g/mol. The lowest BCUT2D eigenvalue weighted by atomic mass is 10.3. The second-order valence-electron chi connectivity index (χ2n) is 4.71. The molecule has 0 spiro atoms. The molecule has 0 amide bonds. The van der Waals surface area contributed by atoms with E-state index in [4.69, 9.17) is 9.47 Å². The van der Waals surface area contributed by atoms with E-state index < -0.39 is 0 Å². The fourth-order valence-corrected chi connectivity index (χ4v) is 2.96. The highest BCUT2D eigenvalue weighted by Crippen LogP contribution is 2.16. The van der Waals surface area contributed by atoms with E-state index in [9.17, 15) is 9.59 Å². The molecule has 24 heavy (non-hydrogen) atoms. The molecular formula is C18H18O4S2. The number of rotatable bonds is 7. The zero-order valence-electron chi connectivity index (χ0n) is 13.5. The van der Waals surface area contributed by atoms with Crippen molar-refractivity contribution in [1.29, 1.82) is 0 Å². The number of hydrogen-bond acceptors (Lipinski definition) is 6. The summed E-state index contributed by atoms with van der Waals surface area (Å²) in [6, 6.07) is 7.04. The van der Waals surface area contributed by atoms with Gasteiger partial charge >= 0.3 is 11.9 Å². The zero-order chi connectivity index (χ0) is 17.4. The number of allylic oxidation sites excluding steroid dienone is 4. The number of esters is 2. The maximum atomic E-state index is 12.0. The van der Waals surface area contributed by atoms with E-state index in [0.717, 1.165) is 0 Å². The second kappa shape index (κ2) is 9.20. The molecular weight excluding hydrogens is 344 g/mol. The van der Waals surface area contributed by atoms with Crippen LogP contribution >= 0.6 is 22.7 Å². The van der Waals surface area contributed by atoms with Gasteiger partial charge in [0.15, 0.2) is 0 Å². The van der Waals surface area contributed by atoms with Crippen LogP contribution in [-0.2, 0) is 9.47 Å². The Morgan fingerprint density at radius 1 is 0.875 bits per heavy atom. The Kier molecular flexibility index (Phi) is 6.96. The first-order chi connectivity index (χ1) is 11.6. The van der Waals surface area contributed by atoms with Crippen LogP contribution in [0.1, 0.15) is 46.0 Å². The topological polar surface area (TPSA) is 52.6 Å².